The highest BCUT2D eigenvalue weighted by molar-refractivity contribution is 5.95. The van der Waals surface area contributed by atoms with Gasteiger partial charge in [0.15, 0.2) is 0 Å². The summed E-state index contributed by atoms with van der Waals surface area (Å²) in [6.45, 7) is 4.05. The Morgan fingerprint density at radius 2 is 1.79 bits per heavy atom. The molecule has 0 saturated carbocycles. The standard InChI is InChI=1S/C18H21N3O3/c1-11(2)16(12-4-7-14(24-3)8-5-12)21-18(23)15-9-6-13(10-20-15)17(19)22/h4-11,16H,1-3H3,(H2,19,22)(H,21,23). The minimum atomic E-state index is -0.576. The van der Waals surface area contributed by atoms with Crippen molar-refractivity contribution in [3.05, 3.63) is 59.4 Å². The summed E-state index contributed by atoms with van der Waals surface area (Å²) in [6, 6.07) is 10.4. The summed E-state index contributed by atoms with van der Waals surface area (Å²) >= 11 is 0. The van der Waals surface area contributed by atoms with Gasteiger partial charge < -0.3 is 15.8 Å². The van der Waals surface area contributed by atoms with E-state index in [0.29, 0.717) is 0 Å². The maximum atomic E-state index is 12.4. The van der Waals surface area contributed by atoms with Crippen LogP contribution in [0.4, 0.5) is 0 Å². The molecule has 0 aliphatic heterocycles. The van der Waals surface area contributed by atoms with Crippen molar-refractivity contribution in [2.45, 2.75) is 19.9 Å². The number of primary amides is 1. The smallest absolute Gasteiger partial charge is 0.270 e. The second kappa shape index (κ2) is 7.59. The van der Waals surface area contributed by atoms with E-state index in [2.05, 4.69) is 10.3 Å². The molecule has 2 aromatic rings. The van der Waals surface area contributed by atoms with Gasteiger partial charge in [-0.1, -0.05) is 26.0 Å². The van der Waals surface area contributed by atoms with E-state index in [1.807, 2.05) is 38.1 Å². The van der Waals surface area contributed by atoms with Crippen LogP contribution >= 0.6 is 0 Å². The van der Waals surface area contributed by atoms with Crippen molar-refractivity contribution < 1.29 is 14.3 Å². The number of carbonyl (C=O) groups is 2. The summed E-state index contributed by atoms with van der Waals surface area (Å²) in [5.41, 5.74) is 6.65. The second-order valence-electron chi connectivity index (χ2n) is 5.76. The zero-order valence-corrected chi connectivity index (χ0v) is 13.9. The molecule has 1 aromatic heterocycles. The lowest BCUT2D eigenvalue weighted by molar-refractivity contribution is 0.0918. The maximum Gasteiger partial charge on any atom is 0.270 e. The first-order valence-electron chi connectivity index (χ1n) is 7.63. The fourth-order valence-corrected chi connectivity index (χ4v) is 2.34. The van der Waals surface area contributed by atoms with Crippen molar-refractivity contribution >= 4 is 11.8 Å². The monoisotopic (exact) mass is 327 g/mol. The van der Waals surface area contributed by atoms with Crippen molar-refractivity contribution in [1.29, 1.82) is 0 Å². The molecule has 1 aromatic carbocycles. The number of benzene rings is 1. The summed E-state index contributed by atoms with van der Waals surface area (Å²) < 4.78 is 5.16. The van der Waals surface area contributed by atoms with Gasteiger partial charge in [0, 0.05) is 6.20 Å². The molecule has 6 nitrogen and oxygen atoms in total. The Morgan fingerprint density at radius 3 is 2.25 bits per heavy atom. The van der Waals surface area contributed by atoms with Gasteiger partial charge >= 0.3 is 0 Å². The van der Waals surface area contributed by atoms with E-state index in [-0.39, 0.29) is 29.1 Å². The molecular formula is C18H21N3O3. The van der Waals surface area contributed by atoms with Crippen molar-refractivity contribution in [2.75, 3.05) is 7.11 Å². The lowest BCUT2D eigenvalue weighted by Crippen LogP contribution is -2.32. The summed E-state index contributed by atoms with van der Waals surface area (Å²) in [7, 11) is 1.61. The van der Waals surface area contributed by atoms with E-state index in [4.69, 9.17) is 10.5 Å². The van der Waals surface area contributed by atoms with E-state index in [1.165, 1.54) is 18.3 Å². The van der Waals surface area contributed by atoms with Gasteiger partial charge in [-0.25, -0.2) is 0 Å². The molecule has 0 fully saturated rings. The number of aromatic nitrogens is 1. The zero-order valence-electron chi connectivity index (χ0n) is 13.9. The molecule has 6 heteroatoms. The molecule has 1 atom stereocenters. The number of carbonyl (C=O) groups excluding carboxylic acids is 2. The van der Waals surface area contributed by atoms with Gasteiger partial charge in [-0.15, -0.1) is 0 Å². The molecule has 2 amide bonds. The van der Waals surface area contributed by atoms with E-state index in [1.54, 1.807) is 7.11 Å². The lowest BCUT2D eigenvalue weighted by atomic mass is 9.95. The highest BCUT2D eigenvalue weighted by Crippen LogP contribution is 2.24. The van der Waals surface area contributed by atoms with Crippen molar-refractivity contribution in [3.63, 3.8) is 0 Å². The normalized spacial score (nSPS) is 11.8. The zero-order chi connectivity index (χ0) is 17.7. The Labute approximate surface area is 141 Å². The van der Waals surface area contributed by atoms with Crippen LogP contribution in [0.2, 0.25) is 0 Å². The van der Waals surface area contributed by atoms with Crippen molar-refractivity contribution in [1.82, 2.24) is 10.3 Å². The van der Waals surface area contributed by atoms with Crippen LogP contribution in [0.15, 0.2) is 42.6 Å². The number of methoxy groups -OCH3 is 1. The minimum absolute atomic E-state index is 0.166. The third-order valence-electron chi connectivity index (χ3n) is 3.71. The third-order valence-corrected chi connectivity index (χ3v) is 3.71. The predicted octanol–water partition coefficient (Wildman–Crippen LogP) is 2.32. The Morgan fingerprint density at radius 1 is 1.12 bits per heavy atom. The summed E-state index contributed by atoms with van der Waals surface area (Å²) in [5, 5.41) is 2.98. The Hall–Kier alpha value is -2.89. The van der Waals surface area contributed by atoms with Gasteiger partial charge in [0.2, 0.25) is 5.91 Å². The van der Waals surface area contributed by atoms with Crippen molar-refractivity contribution in [2.24, 2.45) is 11.7 Å². The molecule has 24 heavy (non-hydrogen) atoms. The van der Waals surface area contributed by atoms with E-state index >= 15 is 0 Å². The lowest BCUT2D eigenvalue weighted by Gasteiger charge is -2.23. The Kier molecular flexibility index (Phi) is 5.52. The van der Waals surface area contributed by atoms with Gasteiger partial charge in [0.25, 0.3) is 5.91 Å². The molecule has 0 bridgehead atoms. The number of nitrogens with one attached hydrogen (secondary N) is 1. The fourth-order valence-electron chi connectivity index (χ4n) is 2.34. The number of hydrogen-bond acceptors (Lipinski definition) is 4. The van der Waals surface area contributed by atoms with Crippen LogP contribution in [0.3, 0.4) is 0 Å². The molecule has 1 unspecified atom stereocenters. The van der Waals surface area contributed by atoms with Crippen LogP contribution in [-0.2, 0) is 0 Å². The first-order valence-corrected chi connectivity index (χ1v) is 7.63. The highest BCUT2D eigenvalue weighted by atomic mass is 16.5. The first-order chi connectivity index (χ1) is 11.4. The number of rotatable bonds is 6. The van der Waals surface area contributed by atoms with E-state index < -0.39 is 5.91 Å². The Bertz CT molecular complexity index is 709. The van der Waals surface area contributed by atoms with Crippen LogP contribution in [0.5, 0.6) is 5.75 Å². The molecule has 0 aliphatic carbocycles. The number of amides is 2. The molecule has 1 heterocycles. The number of nitrogens with two attached hydrogens (primary N) is 1. The van der Waals surface area contributed by atoms with Crippen LogP contribution < -0.4 is 15.8 Å². The molecule has 3 N–H and O–H groups in total. The number of hydrogen-bond donors (Lipinski definition) is 2. The van der Waals surface area contributed by atoms with Crippen LogP contribution in [0.1, 0.15) is 46.3 Å². The molecular weight excluding hydrogens is 306 g/mol. The molecule has 0 aliphatic rings. The highest BCUT2D eigenvalue weighted by Gasteiger charge is 2.20. The Balaban J connectivity index is 2.17. The van der Waals surface area contributed by atoms with Crippen molar-refractivity contribution in [3.8, 4) is 5.75 Å². The first kappa shape index (κ1) is 17.5. The van der Waals surface area contributed by atoms with E-state index in [0.717, 1.165) is 11.3 Å². The van der Waals surface area contributed by atoms with Crippen LogP contribution in [0, 0.1) is 5.92 Å². The largest absolute Gasteiger partial charge is 0.497 e. The topological polar surface area (TPSA) is 94.3 Å². The maximum absolute atomic E-state index is 12.4. The molecule has 126 valence electrons. The van der Waals surface area contributed by atoms with Gasteiger partial charge in [-0.05, 0) is 35.7 Å². The number of ether oxygens (including phenoxy) is 1. The molecule has 0 radical (unpaired) electrons. The number of nitrogens with zero attached hydrogens (tertiary/aromatic N) is 1. The summed E-state index contributed by atoms with van der Waals surface area (Å²) in [5.74, 6) is 0.0665. The van der Waals surface area contributed by atoms with Gasteiger partial charge in [0.1, 0.15) is 11.4 Å². The quantitative estimate of drug-likeness (QED) is 0.851. The van der Waals surface area contributed by atoms with Gasteiger partial charge in [-0.3, -0.25) is 14.6 Å². The van der Waals surface area contributed by atoms with E-state index in [9.17, 15) is 9.59 Å². The van der Waals surface area contributed by atoms with Gasteiger partial charge in [-0.2, -0.15) is 0 Å². The average molecular weight is 327 g/mol. The second-order valence-corrected chi connectivity index (χ2v) is 5.76. The molecule has 0 saturated heterocycles. The SMILES string of the molecule is COc1ccc(C(NC(=O)c2ccc(C(N)=O)cn2)C(C)C)cc1. The third kappa shape index (κ3) is 4.10. The predicted molar refractivity (Wildman–Crippen MR) is 90.8 cm³/mol. The summed E-state index contributed by atoms with van der Waals surface area (Å²) in [6.07, 6.45) is 1.30. The van der Waals surface area contributed by atoms with Crippen LogP contribution in [-0.4, -0.2) is 23.9 Å². The minimum Gasteiger partial charge on any atom is -0.497 e. The summed E-state index contributed by atoms with van der Waals surface area (Å²) in [4.78, 5) is 27.5. The van der Waals surface area contributed by atoms with Gasteiger partial charge in [0.05, 0.1) is 18.7 Å². The van der Waals surface area contributed by atoms with Crippen LogP contribution in [0.25, 0.3) is 0 Å². The molecule has 2 rings (SSSR count). The number of pyridine rings is 1. The molecule has 0 spiro atoms. The fraction of sp³-hybridized carbons (Fsp3) is 0.278. The average Bonchev–Trinajstić information content (AvgIpc) is 2.59.